The predicted molar refractivity (Wildman–Crippen MR) is 138 cm³/mol. The fourth-order valence-corrected chi connectivity index (χ4v) is 5.09. The second-order valence-corrected chi connectivity index (χ2v) is 15.3. The number of aromatic nitrogens is 1. The highest BCUT2D eigenvalue weighted by Crippen LogP contribution is 2.38. The van der Waals surface area contributed by atoms with Gasteiger partial charge in [0, 0.05) is 12.1 Å². The molecule has 0 aliphatic carbocycles. The smallest absolute Gasteiger partial charge is 0.192 e. The van der Waals surface area contributed by atoms with Crippen LogP contribution < -0.4 is 4.74 Å². The first kappa shape index (κ1) is 23.8. The van der Waals surface area contributed by atoms with Gasteiger partial charge >= 0.3 is 0 Å². The summed E-state index contributed by atoms with van der Waals surface area (Å²) in [5.74, 6) is 1.13. The highest BCUT2D eigenvalue weighted by molar-refractivity contribution is 6.74. The summed E-state index contributed by atoms with van der Waals surface area (Å²) in [6.07, 6.45) is 7.40. The molecule has 4 nitrogen and oxygen atoms in total. The lowest BCUT2D eigenvalue weighted by molar-refractivity contribution is -0.0748. The molecule has 2 aromatic carbocycles. The zero-order valence-corrected chi connectivity index (χ0v) is 21.7. The van der Waals surface area contributed by atoms with Gasteiger partial charge in [0.25, 0.3) is 0 Å². The molecule has 1 aromatic heterocycles. The standard InChI is InChI=1S/C28H37NO3Si/c1-28(2,3)33(5,6)31-20-26-23(19-21-11-14-24(30-4)15-12-21)13-16-27(32-26)29-18-17-22-9-7-8-10-25(22)29/h7-18,23,26-27H,19-20H2,1-6H3/t23-,26-,27-/m1/s1. The van der Waals surface area contributed by atoms with Gasteiger partial charge < -0.3 is 18.5 Å². The van der Waals surface area contributed by atoms with E-state index in [0.29, 0.717) is 6.61 Å². The van der Waals surface area contributed by atoms with Crippen molar-refractivity contribution in [3.8, 4) is 5.75 Å². The first-order chi connectivity index (χ1) is 15.7. The highest BCUT2D eigenvalue weighted by atomic mass is 28.4. The molecule has 5 heteroatoms. The van der Waals surface area contributed by atoms with Gasteiger partial charge in [0.05, 0.1) is 25.3 Å². The number of methoxy groups -OCH3 is 1. The third-order valence-electron chi connectivity index (χ3n) is 7.26. The van der Waals surface area contributed by atoms with E-state index in [1.807, 2.05) is 12.1 Å². The molecule has 3 atom stereocenters. The molecule has 0 amide bonds. The Morgan fingerprint density at radius 2 is 1.70 bits per heavy atom. The van der Waals surface area contributed by atoms with Crippen LogP contribution in [0.15, 0.2) is 72.9 Å². The molecule has 0 saturated carbocycles. The summed E-state index contributed by atoms with van der Waals surface area (Å²) >= 11 is 0. The number of ether oxygens (including phenoxy) is 2. The fraction of sp³-hybridized carbons (Fsp3) is 0.429. The predicted octanol–water partition coefficient (Wildman–Crippen LogP) is 6.98. The Bertz CT molecular complexity index is 1090. The summed E-state index contributed by atoms with van der Waals surface area (Å²) in [4.78, 5) is 0. The Labute approximate surface area is 199 Å². The van der Waals surface area contributed by atoms with Crippen molar-refractivity contribution < 1.29 is 13.9 Å². The molecule has 33 heavy (non-hydrogen) atoms. The molecule has 0 fully saturated rings. The van der Waals surface area contributed by atoms with Crippen LogP contribution in [-0.2, 0) is 15.6 Å². The Hall–Kier alpha value is -2.34. The normalized spacial score (nSPS) is 21.5. The van der Waals surface area contributed by atoms with Crippen LogP contribution in [0.5, 0.6) is 5.75 Å². The molecule has 0 unspecified atom stereocenters. The molecule has 1 aliphatic heterocycles. The van der Waals surface area contributed by atoms with Crippen molar-refractivity contribution in [1.29, 1.82) is 0 Å². The molecule has 176 valence electrons. The highest BCUT2D eigenvalue weighted by Gasteiger charge is 2.39. The second kappa shape index (κ2) is 9.49. The molecule has 2 heterocycles. The zero-order chi connectivity index (χ0) is 23.6. The summed E-state index contributed by atoms with van der Waals surface area (Å²) in [6, 6.07) is 18.9. The number of hydrogen-bond donors (Lipinski definition) is 0. The topological polar surface area (TPSA) is 32.6 Å². The number of rotatable bonds is 7. The average molecular weight is 464 g/mol. The van der Waals surface area contributed by atoms with Crippen molar-refractivity contribution in [2.75, 3.05) is 13.7 Å². The summed E-state index contributed by atoms with van der Waals surface area (Å²) < 4.78 is 20.9. The quantitative estimate of drug-likeness (QED) is 0.280. The van der Waals surface area contributed by atoms with Crippen molar-refractivity contribution in [1.82, 2.24) is 4.57 Å². The Balaban J connectivity index is 1.58. The summed E-state index contributed by atoms with van der Waals surface area (Å²) in [6.45, 7) is 12.1. The molecule has 4 rings (SSSR count). The van der Waals surface area contributed by atoms with Gasteiger partial charge in [0.1, 0.15) is 5.75 Å². The summed E-state index contributed by atoms with van der Waals surface area (Å²) in [7, 11) is -0.182. The van der Waals surface area contributed by atoms with E-state index in [-0.39, 0.29) is 23.3 Å². The molecular formula is C28H37NO3Si. The Morgan fingerprint density at radius 3 is 2.39 bits per heavy atom. The van der Waals surface area contributed by atoms with E-state index in [4.69, 9.17) is 13.9 Å². The van der Waals surface area contributed by atoms with Crippen LogP contribution in [-0.4, -0.2) is 32.7 Å². The van der Waals surface area contributed by atoms with Crippen molar-refractivity contribution in [2.45, 2.75) is 57.7 Å². The SMILES string of the molecule is COc1ccc(C[C@H]2C=C[C@H](n3ccc4ccccc43)O[C@@H]2CO[Si](C)(C)C(C)(C)C)cc1. The number of hydrogen-bond acceptors (Lipinski definition) is 3. The van der Waals surface area contributed by atoms with E-state index in [2.05, 4.69) is 99.2 Å². The number of nitrogens with zero attached hydrogens (tertiary/aromatic N) is 1. The fourth-order valence-electron chi connectivity index (χ4n) is 4.07. The van der Waals surface area contributed by atoms with E-state index >= 15 is 0 Å². The lowest BCUT2D eigenvalue weighted by Crippen LogP contribution is -2.45. The van der Waals surface area contributed by atoms with Gasteiger partial charge in [-0.1, -0.05) is 57.2 Å². The van der Waals surface area contributed by atoms with Gasteiger partial charge in [-0.2, -0.15) is 0 Å². The number of fused-ring (bicyclic) bond motifs is 1. The average Bonchev–Trinajstić information content (AvgIpc) is 3.22. The van der Waals surface area contributed by atoms with Gasteiger partial charge in [0.15, 0.2) is 14.5 Å². The Morgan fingerprint density at radius 1 is 0.970 bits per heavy atom. The van der Waals surface area contributed by atoms with Crippen molar-refractivity contribution in [2.24, 2.45) is 5.92 Å². The molecule has 0 spiro atoms. The third kappa shape index (κ3) is 5.26. The van der Waals surface area contributed by atoms with E-state index in [0.717, 1.165) is 12.2 Å². The van der Waals surface area contributed by atoms with Gasteiger partial charge in [0.2, 0.25) is 0 Å². The van der Waals surface area contributed by atoms with Crippen molar-refractivity contribution >= 4 is 19.2 Å². The minimum Gasteiger partial charge on any atom is -0.497 e. The lowest BCUT2D eigenvalue weighted by atomic mass is 9.92. The minimum absolute atomic E-state index is 0.0163. The first-order valence-electron chi connectivity index (χ1n) is 11.8. The van der Waals surface area contributed by atoms with Crippen LogP contribution >= 0.6 is 0 Å². The van der Waals surface area contributed by atoms with Crippen LogP contribution in [0.4, 0.5) is 0 Å². The maximum atomic E-state index is 6.73. The van der Waals surface area contributed by atoms with E-state index in [1.165, 1.54) is 16.5 Å². The van der Waals surface area contributed by atoms with Crippen LogP contribution in [0.3, 0.4) is 0 Å². The van der Waals surface area contributed by atoms with Crippen LogP contribution in [0.1, 0.15) is 32.6 Å². The van der Waals surface area contributed by atoms with Crippen molar-refractivity contribution in [3.05, 3.63) is 78.5 Å². The van der Waals surface area contributed by atoms with Crippen LogP contribution in [0.25, 0.3) is 10.9 Å². The zero-order valence-electron chi connectivity index (χ0n) is 20.7. The maximum absolute atomic E-state index is 6.73. The van der Waals surface area contributed by atoms with Gasteiger partial charge in [-0.3, -0.25) is 0 Å². The maximum Gasteiger partial charge on any atom is 0.192 e. The van der Waals surface area contributed by atoms with Crippen molar-refractivity contribution in [3.63, 3.8) is 0 Å². The third-order valence-corrected chi connectivity index (χ3v) is 11.8. The van der Waals surface area contributed by atoms with Crippen LogP contribution in [0, 0.1) is 5.92 Å². The molecule has 0 bridgehead atoms. The monoisotopic (exact) mass is 463 g/mol. The minimum atomic E-state index is -1.88. The largest absolute Gasteiger partial charge is 0.497 e. The lowest BCUT2D eigenvalue weighted by Gasteiger charge is -2.40. The molecule has 1 aliphatic rings. The van der Waals surface area contributed by atoms with Gasteiger partial charge in [-0.15, -0.1) is 0 Å². The molecular weight excluding hydrogens is 426 g/mol. The van der Waals surface area contributed by atoms with Gasteiger partial charge in [-0.25, -0.2) is 0 Å². The number of para-hydroxylation sites is 1. The van der Waals surface area contributed by atoms with Crippen LogP contribution in [0.2, 0.25) is 18.1 Å². The first-order valence-corrected chi connectivity index (χ1v) is 14.7. The molecule has 0 N–H and O–H groups in total. The second-order valence-electron chi connectivity index (χ2n) is 10.5. The number of benzene rings is 2. The molecule has 3 aromatic rings. The Kier molecular flexibility index (Phi) is 6.85. The van der Waals surface area contributed by atoms with E-state index < -0.39 is 8.32 Å². The summed E-state index contributed by atoms with van der Waals surface area (Å²) in [5.41, 5.74) is 2.46. The van der Waals surface area contributed by atoms with Gasteiger partial charge in [-0.05, 0) is 65.8 Å². The van der Waals surface area contributed by atoms with E-state index in [9.17, 15) is 0 Å². The van der Waals surface area contributed by atoms with E-state index in [1.54, 1.807) is 7.11 Å². The molecule has 0 radical (unpaired) electrons. The summed E-state index contributed by atoms with van der Waals surface area (Å²) in [5, 5.41) is 1.39. The molecule has 0 saturated heterocycles.